The van der Waals surface area contributed by atoms with Crippen molar-refractivity contribution in [3.8, 4) is 17.2 Å². The Balaban J connectivity index is 1.53. The Morgan fingerprint density at radius 3 is 2.31 bits per heavy atom. The van der Waals surface area contributed by atoms with Crippen LogP contribution in [0.1, 0.15) is 5.56 Å². The van der Waals surface area contributed by atoms with Crippen LogP contribution in [-0.4, -0.2) is 12.2 Å². The molecule has 0 saturated heterocycles. The highest BCUT2D eigenvalue weighted by molar-refractivity contribution is 7.80. The van der Waals surface area contributed by atoms with Crippen molar-refractivity contribution >= 4 is 23.0 Å². The standard InChI is InChI=1S/C21H20N2O2S/c1-24-19-8-5-9-20(14-19)25-18-12-10-17(11-13-18)23-21(26)22-15-16-6-3-2-4-7-16/h2-14H,15H2,1H3,(H2,22,23,26). The van der Waals surface area contributed by atoms with Crippen LogP contribution < -0.4 is 20.1 Å². The molecule has 26 heavy (non-hydrogen) atoms. The maximum absolute atomic E-state index is 5.83. The van der Waals surface area contributed by atoms with E-state index in [-0.39, 0.29) is 0 Å². The Bertz CT molecular complexity index is 851. The number of ether oxygens (including phenoxy) is 2. The van der Waals surface area contributed by atoms with Gasteiger partial charge in [-0.3, -0.25) is 0 Å². The van der Waals surface area contributed by atoms with Gasteiger partial charge in [0.05, 0.1) is 7.11 Å². The Kier molecular flexibility index (Phi) is 6.06. The van der Waals surface area contributed by atoms with Gasteiger partial charge < -0.3 is 20.1 Å². The fourth-order valence-corrected chi connectivity index (χ4v) is 2.55. The first kappa shape index (κ1) is 17.8. The predicted octanol–water partition coefficient (Wildman–Crippen LogP) is 4.97. The highest BCUT2D eigenvalue weighted by atomic mass is 32.1. The zero-order chi connectivity index (χ0) is 18.2. The van der Waals surface area contributed by atoms with Gasteiger partial charge in [-0.2, -0.15) is 0 Å². The maximum atomic E-state index is 5.83. The number of hydrogen-bond acceptors (Lipinski definition) is 3. The van der Waals surface area contributed by atoms with Gasteiger partial charge in [0.15, 0.2) is 5.11 Å². The molecule has 0 unspecified atom stereocenters. The topological polar surface area (TPSA) is 42.5 Å². The minimum absolute atomic E-state index is 0.579. The molecule has 132 valence electrons. The number of benzene rings is 3. The van der Waals surface area contributed by atoms with Crippen molar-refractivity contribution in [2.45, 2.75) is 6.54 Å². The highest BCUT2D eigenvalue weighted by Gasteiger charge is 2.02. The van der Waals surface area contributed by atoms with Gasteiger partial charge in [-0.15, -0.1) is 0 Å². The zero-order valence-corrected chi connectivity index (χ0v) is 15.3. The van der Waals surface area contributed by atoms with Gasteiger partial charge in [-0.1, -0.05) is 36.4 Å². The van der Waals surface area contributed by atoms with Gasteiger partial charge in [0.2, 0.25) is 0 Å². The lowest BCUT2D eigenvalue weighted by Crippen LogP contribution is -2.27. The summed E-state index contributed by atoms with van der Waals surface area (Å²) in [5.41, 5.74) is 2.08. The average molecular weight is 364 g/mol. The number of thiocarbonyl (C=S) groups is 1. The number of rotatable bonds is 6. The fraction of sp³-hybridized carbons (Fsp3) is 0.0952. The first-order chi connectivity index (χ1) is 12.7. The smallest absolute Gasteiger partial charge is 0.171 e. The van der Waals surface area contributed by atoms with E-state index in [2.05, 4.69) is 22.8 Å². The highest BCUT2D eigenvalue weighted by Crippen LogP contribution is 2.26. The predicted molar refractivity (Wildman–Crippen MR) is 109 cm³/mol. The second-order valence-corrected chi connectivity index (χ2v) is 6.01. The summed E-state index contributed by atoms with van der Waals surface area (Å²) in [6.45, 7) is 0.684. The lowest BCUT2D eigenvalue weighted by Gasteiger charge is -2.12. The SMILES string of the molecule is COc1cccc(Oc2ccc(NC(=S)NCc3ccccc3)cc2)c1. The van der Waals surface area contributed by atoms with Crippen molar-refractivity contribution in [3.63, 3.8) is 0 Å². The zero-order valence-electron chi connectivity index (χ0n) is 14.4. The fourth-order valence-electron chi connectivity index (χ4n) is 2.36. The quantitative estimate of drug-likeness (QED) is 0.604. The van der Waals surface area contributed by atoms with Crippen molar-refractivity contribution in [1.29, 1.82) is 0 Å². The third kappa shape index (κ3) is 5.22. The van der Waals surface area contributed by atoms with Gasteiger partial charge in [0, 0.05) is 18.3 Å². The number of hydrogen-bond donors (Lipinski definition) is 2. The summed E-state index contributed by atoms with van der Waals surface area (Å²) in [4.78, 5) is 0. The van der Waals surface area contributed by atoms with Crippen LogP contribution in [0.4, 0.5) is 5.69 Å². The second-order valence-electron chi connectivity index (χ2n) is 5.60. The summed E-state index contributed by atoms with van der Waals surface area (Å²) in [6, 6.07) is 25.2. The largest absolute Gasteiger partial charge is 0.497 e. The van der Waals surface area contributed by atoms with Crippen molar-refractivity contribution in [1.82, 2.24) is 5.32 Å². The lowest BCUT2D eigenvalue weighted by atomic mass is 10.2. The molecule has 3 rings (SSSR count). The van der Waals surface area contributed by atoms with Crippen LogP contribution in [0.15, 0.2) is 78.9 Å². The molecule has 3 aromatic rings. The third-order valence-corrected chi connectivity index (χ3v) is 3.93. The van der Waals surface area contributed by atoms with Gasteiger partial charge in [-0.25, -0.2) is 0 Å². The van der Waals surface area contributed by atoms with E-state index >= 15 is 0 Å². The summed E-state index contributed by atoms with van der Waals surface area (Å²) in [5, 5.41) is 6.93. The van der Waals surface area contributed by atoms with E-state index in [1.54, 1.807) is 7.11 Å². The van der Waals surface area contributed by atoms with Crippen LogP contribution in [0.3, 0.4) is 0 Å². The summed E-state index contributed by atoms with van der Waals surface area (Å²) in [6.07, 6.45) is 0. The molecule has 0 fully saturated rings. The monoisotopic (exact) mass is 364 g/mol. The van der Waals surface area contributed by atoms with Crippen LogP contribution in [-0.2, 0) is 6.54 Å². The summed E-state index contributed by atoms with van der Waals surface area (Å²) in [5.74, 6) is 2.23. The Labute approximate surface area is 158 Å². The maximum Gasteiger partial charge on any atom is 0.171 e. The number of methoxy groups -OCH3 is 1. The van der Waals surface area contributed by atoms with E-state index in [4.69, 9.17) is 21.7 Å². The number of nitrogens with one attached hydrogen (secondary N) is 2. The van der Waals surface area contributed by atoms with Crippen LogP contribution >= 0.6 is 12.2 Å². The third-order valence-electron chi connectivity index (χ3n) is 3.68. The molecule has 0 aliphatic carbocycles. The summed E-state index contributed by atoms with van der Waals surface area (Å²) >= 11 is 5.33. The molecule has 4 nitrogen and oxygen atoms in total. The second kappa shape index (κ2) is 8.87. The molecule has 0 radical (unpaired) electrons. The molecule has 0 heterocycles. The molecular weight excluding hydrogens is 344 g/mol. The van der Waals surface area contributed by atoms with Crippen molar-refractivity contribution in [3.05, 3.63) is 84.4 Å². The molecule has 5 heteroatoms. The number of anilines is 1. The molecule has 2 N–H and O–H groups in total. The molecule has 0 aromatic heterocycles. The van der Waals surface area contributed by atoms with Crippen molar-refractivity contribution in [2.24, 2.45) is 0 Å². The van der Waals surface area contributed by atoms with Crippen molar-refractivity contribution < 1.29 is 9.47 Å². The van der Waals surface area contributed by atoms with Crippen molar-refractivity contribution in [2.75, 3.05) is 12.4 Å². The summed E-state index contributed by atoms with van der Waals surface area (Å²) < 4.78 is 11.0. The average Bonchev–Trinajstić information content (AvgIpc) is 2.69. The van der Waals surface area contributed by atoms with E-state index < -0.39 is 0 Å². The molecule has 0 amide bonds. The van der Waals surface area contributed by atoms with E-state index in [0.29, 0.717) is 11.7 Å². The Morgan fingerprint density at radius 2 is 1.58 bits per heavy atom. The van der Waals surface area contributed by atoms with Crippen LogP contribution in [0.2, 0.25) is 0 Å². The van der Waals surface area contributed by atoms with E-state index in [0.717, 1.165) is 22.9 Å². The van der Waals surface area contributed by atoms with Gasteiger partial charge in [-0.05, 0) is 54.2 Å². The summed E-state index contributed by atoms with van der Waals surface area (Å²) in [7, 11) is 1.63. The molecule has 0 saturated carbocycles. The van der Waals surface area contributed by atoms with Gasteiger partial charge in [0.1, 0.15) is 17.2 Å². The molecule has 0 bridgehead atoms. The van der Waals surface area contributed by atoms with Crippen LogP contribution in [0, 0.1) is 0 Å². The minimum Gasteiger partial charge on any atom is -0.497 e. The Morgan fingerprint density at radius 1 is 0.846 bits per heavy atom. The van der Waals surface area contributed by atoms with Gasteiger partial charge in [0.25, 0.3) is 0 Å². The molecule has 3 aromatic carbocycles. The molecule has 0 atom stereocenters. The van der Waals surface area contributed by atoms with E-state index in [9.17, 15) is 0 Å². The van der Waals surface area contributed by atoms with Crippen LogP contribution in [0.5, 0.6) is 17.2 Å². The van der Waals surface area contributed by atoms with E-state index in [1.165, 1.54) is 5.56 Å². The molecule has 0 aliphatic rings. The lowest BCUT2D eigenvalue weighted by molar-refractivity contribution is 0.409. The van der Waals surface area contributed by atoms with Gasteiger partial charge >= 0.3 is 0 Å². The minimum atomic E-state index is 0.579. The molecule has 0 spiro atoms. The Hall–Kier alpha value is -3.05. The molecular formula is C21H20N2O2S. The first-order valence-corrected chi connectivity index (χ1v) is 8.64. The first-order valence-electron chi connectivity index (χ1n) is 8.24. The molecule has 0 aliphatic heterocycles. The van der Waals surface area contributed by atoms with E-state index in [1.807, 2.05) is 66.7 Å². The van der Waals surface area contributed by atoms with Crippen LogP contribution in [0.25, 0.3) is 0 Å². The normalized spacial score (nSPS) is 10.0.